The molecule has 1 aromatic carbocycles. The zero-order valence-electron chi connectivity index (χ0n) is 12.6. The number of likely N-dealkylation sites (N-methyl/N-ethyl adjacent to an activating group) is 1. The summed E-state index contributed by atoms with van der Waals surface area (Å²) in [7, 11) is 5.69. The van der Waals surface area contributed by atoms with Gasteiger partial charge in [-0.15, -0.1) is 0 Å². The van der Waals surface area contributed by atoms with Crippen molar-refractivity contribution in [2.75, 3.05) is 21.2 Å². The summed E-state index contributed by atoms with van der Waals surface area (Å²) in [4.78, 5) is 13.7. The smallest absolute Gasteiger partial charge is 0.337 e. The summed E-state index contributed by atoms with van der Waals surface area (Å²) < 4.78 is 4.71. The summed E-state index contributed by atoms with van der Waals surface area (Å²) in [6, 6.07) is 8.17. The van der Waals surface area contributed by atoms with Crippen LogP contribution in [0.25, 0.3) is 6.08 Å². The van der Waals surface area contributed by atoms with E-state index in [2.05, 4.69) is 25.1 Å². The number of hydrogen-bond donors (Lipinski definition) is 0. The molecule has 0 bridgehead atoms. The molecule has 0 heterocycles. The SMILES string of the molecule is COC(=O)c1ccc(C=C2CCCCC2N(C)C)cc1. The lowest BCUT2D eigenvalue weighted by Gasteiger charge is -2.31. The number of benzene rings is 1. The molecule has 20 heavy (non-hydrogen) atoms. The molecule has 1 atom stereocenters. The van der Waals surface area contributed by atoms with Crippen LogP contribution in [0.15, 0.2) is 29.8 Å². The third-order valence-corrected chi connectivity index (χ3v) is 3.93. The van der Waals surface area contributed by atoms with Crippen molar-refractivity contribution in [3.63, 3.8) is 0 Å². The molecular formula is C17H23NO2. The van der Waals surface area contributed by atoms with Gasteiger partial charge in [0.25, 0.3) is 0 Å². The summed E-state index contributed by atoms with van der Waals surface area (Å²) in [5.41, 5.74) is 3.25. The molecule has 1 saturated carbocycles. The second-order valence-corrected chi connectivity index (χ2v) is 5.56. The van der Waals surface area contributed by atoms with Gasteiger partial charge in [0.15, 0.2) is 0 Å². The zero-order chi connectivity index (χ0) is 14.5. The van der Waals surface area contributed by atoms with Crippen molar-refractivity contribution in [2.45, 2.75) is 31.7 Å². The number of methoxy groups -OCH3 is 1. The van der Waals surface area contributed by atoms with Crippen LogP contribution in [-0.4, -0.2) is 38.1 Å². The van der Waals surface area contributed by atoms with Crippen LogP contribution >= 0.6 is 0 Å². The van der Waals surface area contributed by atoms with Crippen molar-refractivity contribution < 1.29 is 9.53 Å². The average Bonchev–Trinajstić information content (AvgIpc) is 2.47. The first kappa shape index (κ1) is 14.8. The number of carbonyl (C=O) groups is 1. The van der Waals surface area contributed by atoms with Gasteiger partial charge in [0.2, 0.25) is 0 Å². The van der Waals surface area contributed by atoms with Gasteiger partial charge >= 0.3 is 5.97 Å². The number of esters is 1. The second kappa shape index (κ2) is 6.71. The fourth-order valence-corrected chi connectivity index (χ4v) is 2.82. The maximum Gasteiger partial charge on any atom is 0.337 e. The largest absolute Gasteiger partial charge is 0.465 e. The lowest BCUT2D eigenvalue weighted by molar-refractivity contribution is 0.0601. The monoisotopic (exact) mass is 273 g/mol. The van der Waals surface area contributed by atoms with Gasteiger partial charge in [-0.2, -0.15) is 0 Å². The molecule has 1 unspecified atom stereocenters. The molecular weight excluding hydrogens is 250 g/mol. The Bertz CT molecular complexity index is 488. The first-order valence-electron chi connectivity index (χ1n) is 7.17. The summed E-state index contributed by atoms with van der Waals surface area (Å²) in [5, 5.41) is 0. The molecule has 0 aliphatic heterocycles. The van der Waals surface area contributed by atoms with E-state index < -0.39 is 0 Å². The van der Waals surface area contributed by atoms with Gasteiger partial charge < -0.3 is 9.64 Å². The molecule has 108 valence electrons. The summed E-state index contributed by atoms with van der Waals surface area (Å²) >= 11 is 0. The molecule has 2 rings (SSSR count). The summed E-state index contributed by atoms with van der Waals surface area (Å²) in [5.74, 6) is -0.284. The highest BCUT2D eigenvalue weighted by Crippen LogP contribution is 2.28. The molecule has 0 N–H and O–H groups in total. The molecule has 1 aromatic rings. The van der Waals surface area contributed by atoms with E-state index in [9.17, 15) is 4.79 Å². The summed E-state index contributed by atoms with van der Waals surface area (Å²) in [6.45, 7) is 0. The maximum absolute atomic E-state index is 11.4. The molecule has 0 amide bonds. The van der Waals surface area contributed by atoms with Crippen LogP contribution in [0.5, 0.6) is 0 Å². The lowest BCUT2D eigenvalue weighted by atomic mass is 9.88. The number of nitrogens with zero attached hydrogens (tertiary/aromatic N) is 1. The van der Waals surface area contributed by atoms with E-state index in [0.29, 0.717) is 11.6 Å². The molecule has 0 radical (unpaired) electrons. The predicted molar refractivity (Wildman–Crippen MR) is 81.7 cm³/mol. The van der Waals surface area contributed by atoms with Gasteiger partial charge in [0.05, 0.1) is 12.7 Å². The van der Waals surface area contributed by atoms with Crippen molar-refractivity contribution >= 4 is 12.0 Å². The Morgan fingerprint density at radius 2 is 1.95 bits per heavy atom. The van der Waals surface area contributed by atoms with E-state index in [1.807, 2.05) is 24.3 Å². The van der Waals surface area contributed by atoms with Gasteiger partial charge in [-0.25, -0.2) is 4.79 Å². The van der Waals surface area contributed by atoms with Crippen LogP contribution in [0, 0.1) is 0 Å². The third kappa shape index (κ3) is 3.48. The van der Waals surface area contributed by atoms with Crippen molar-refractivity contribution in [3.8, 4) is 0 Å². The van der Waals surface area contributed by atoms with Gasteiger partial charge in [-0.3, -0.25) is 0 Å². The highest BCUT2D eigenvalue weighted by molar-refractivity contribution is 5.89. The fourth-order valence-electron chi connectivity index (χ4n) is 2.82. The molecule has 0 spiro atoms. The van der Waals surface area contributed by atoms with E-state index in [4.69, 9.17) is 4.74 Å². The van der Waals surface area contributed by atoms with E-state index in [-0.39, 0.29) is 5.97 Å². The first-order valence-corrected chi connectivity index (χ1v) is 7.17. The molecule has 1 fully saturated rings. The van der Waals surface area contributed by atoms with Crippen LogP contribution in [-0.2, 0) is 4.74 Å². The number of rotatable bonds is 3. The molecule has 0 aromatic heterocycles. The normalized spacial score (nSPS) is 21.2. The Kier molecular flexibility index (Phi) is 4.96. The highest BCUT2D eigenvalue weighted by Gasteiger charge is 2.20. The Balaban J connectivity index is 2.18. The Labute approximate surface area is 121 Å². The van der Waals surface area contributed by atoms with Gasteiger partial charge in [-0.1, -0.05) is 30.2 Å². The van der Waals surface area contributed by atoms with Crippen molar-refractivity contribution in [2.24, 2.45) is 0 Å². The van der Waals surface area contributed by atoms with Crippen molar-refractivity contribution in [3.05, 3.63) is 41.0 Å². The molecule has 1 aliphatic rings. The minimum atomic E-state index is -0.284. The summed E-state index contributed by atoms with van der Waals surface area (Å²) in [6.07, 6.45) is 7.25. The van der Waals surface area contributed by atoms with Crippen LogP contribution in [0.4, 0.5) is 0 Å². The van der Waals surface area contributed by atoms with Crippen LogP contribution in [0.3, 0.4) is 0 Å². The molecule has 0 saturated heterocycles. The Morgan fingerprint density at radius 3 is 2.55 bits per heavy atom. The number of ether oxygens (including phenoxy) is 1. The van der Waals surface area contributed by atoms with E-state index in [0.717, 1.165) is 5.56 Å². The van der Waals surface area contributed by atoms with Crippen LogP contribution in [0.2, 0.25) is 0 Å². The minimum absolute atomic E-state index is 0.284. The van der Waals surface area contributed by atoms with Gasteiger partial charge in [0, 0.05) is 6.04 Å². The van der Waals surface area contributed by atoms with Crippen molar-refractivity contribution in [1.29, 1.82) is 0 Å². The van der Waals surface area contributed by atoms with E-state index in [1.165, 1.54) is 38.4 Å². The minimum Gasteiger partial charge on any atom is -0.465 e. The van der Waals surface area contributed by atoms with Crippen LogP contribution in [0.1, 0.15) is 41.6 Å². The molecule has 3 heteroatoms. The third-order valence-electron chi connectivity index (χ3n) is 3.93. The quantitative estimate of drug-likeness (QED) is 0.791. The predicted octanol–water partition coefficient (Wildman–Crippen LogP) is 3.36. The topological polar surface area (TPSA) is 29.5 Å². The number of hydrogen-bond acceptors (Lipinski definition) is 3. The fraction of sp³-hybridized carbons (Fsp3) is 0.471. The van der Waals surface area contributed by atoms with Crippen LogP contribution < -0.4 is 0 Å². The van der Waals surface area contributed by atoms with Gasteiger partial charge in [0.1, 0.15) is 0 Å². The standard InChI is InChI=1S/C17H23NO2/c1-18(2)16-7-5-4-6-15(16)12-13-8-10-14(11-9-13)17(19)20-3/h8-12,16H,4-7H2,1-3H3. The first-order chi connectivity index (χ1) is 9.61. The molecule has 3 nitrogen and oxygen atoms in total. The Hall–Kier alpha value is -1.61. The number of carbonyl (C=O) groups excluding carboxylic acids is 1. The van der Waals surface area contributed by atoms with E-state index >= 15 is 0 Å². The lowest BCUT2D eigenvalue weighted by Crippen LogP contribution is -2.31. The average molecular weight is 273 g/mol. The molecule has 1 aliphatic carbocycles. The van der Waals surface area contributed by atoms with E-state index in [1.54, 1.807) is 0 Å². The Morgan fingerprint density at radius 1 is 1.25 bits per heavy atom. The zero-order valence-corrected chi connectivity index (χ0v) is 12.6. The second-order valence-electron chi connectivity index (χ2n) is 5.56. The van der Waals surface area contributed by atoms with Gasteiger partial charge in [-0.05, 0) is 51.1 Å². The maximum atomic E-state index is 11.4. The highest BCUT2D eigenvalue weighted by atomic mass is 16.5. The van der Waals surface area contributed by atoms with Crippen molar-refractivity contribution in [1.82, 2.24) is 4.90 Å².